The third kappa shape index (κ3) is 4.71. The number of fused-ring (bicyclic) bond motifs is 1. The van der Waals surface area contributed by atoms with E-state index in [-0.39, 0.29) is 18.0 Å². The van der Waals surface area contributed by atoms with E-state index in [2.05, 4.69) is 78.2 Å². The monoisotopic (exact) mass is 351 g/mol. The van der Waals surface area contributed by atoms with E-state index in [0.717, 1.165) is 25.8 Å². The number of nitrogens with one attached hydrogen (secondary N) is 2. The van der Waals surface area contributed by atoms with Gasteiger partial charge >= 0.3 is 0 Å². The number of benzene rings is 2. The van der Waals surface area contributed by atoms with Crippen molar-refractivity contribution in [2.75, 3.05) is 27.2 Å². The van der Waals surface area contributed by atoms with Crippen LogP contribution in [0.5, 0.6) is 0 Å². The highest BCUT2D eigenvalue weighted by Gasteiger charge is 2.21. The first-order chi connectivity index (χ1) is 12.6. The third-order valence-corrected chi connectivity index (χ3v) is 5.14. The molecule has 0 aromatic heterocycles. The minimum Gasteiger partial charge on any atom is -0.348 e. The Hall–Kier alpha value is -2.17. The molecule has 26 heavy (non-hydrogen) atoms. The van der Waals surface area contributed by atoms with Gasteiger partial charge in [-0.25, -0.2) is 0 Å². The van der Waals surface area contributed by atoms with Crippen LogP contribution in [0.3, 0.4) is 0 Å². The number of hydrogen-bond acceptors (Lipinski definition) is 3. The van der Waals surface area contributed by atoms with Gasteiger partial charge in [-0.15, -0.1) is 0 Å². The lowest BCUT2D eigenvalue weighted by Crippen LogP contribution is -2.40. The highest BCUT2D eigenvalue weighted by molar-refractivity contribution is 5.78. The molecule has 138 valence electrons. The summed E-state index contributed by atoms with van der Waals surface area (Å²) in [6.45, 7) is 1.08. The second-order valence-corrected chi connectivity index (χ2v) is 7.23. The molecule has 0 aliphatic heterocycles. The topological polar surface area (TPSA) is 44.4 Å². The fraction of sp³-hybridized carbons (Fsp3) is 0.409. The van der Waals surface area contributed by atoms with Crippen molar-refractivity contribution in [3.8, 4) is 0 Å². The molecule has 2 aromatic carbocycles. The average Bonchev–Trinajstić information content (AvgIpc) is 2.66. The molecule has 2 aromatic rings. The number of carbonyl (C=O) groups is 1. The predicted octanol–water partition coefficient (Wildman–Crippen LogP) is 3.07. The molecule has 1 aliphatic rings. The SMILES string of the molecule is CN(C)[C@@H](CNCC(=O)N[C@@H]1CCCc2ccccc21)c1ccccc1. The lowest BCUT2D eigenvalue weighted by atomic mass is 9.88. The van der Waals surface area contributed by atoms with Crippen LogP contribution in [0, 0.1) is 0 Å². The molecule has 1 aliphatic carbocycles. The minimum absolute atomic E-state index is 0.0669. The van der Waals surface area contributed by atoms with E-state index >= 15 is 0 Å². The van der Waals surface area contributed by atoms with Crippen LogP contribution in [-0.2, 0) is 11.2 Å². The lowest BCUT2D eigenvalue weighted by Gasteiger charge is -2.27. The second-order valence-electron chi connectivity index (χ2n) is 7.23. The molecular weight excluding hydrogens is 322 g/mol. The van der Waals surface area contributed by atoms with E-state index in [0.29, 0.717) is 6.54 Å². The van der Waals surface area contributed by atoms with Gasteiger partial charge in [0.15, 0.2) is 0 Å². The molecule has 0 fully saturated rings. The maximum Gasteiger partial charge on any atom is 0.234 e. The van der Waals surface area contributed by atoms with Gasteiger partial charge < -0.3 is 15.5 Å². The molecule has 0 saturated carbocycles. The normalized spacial score (nSPS) is 17.6. The average molecular weight is 351 g/mol. The van der Waals surface area contributed by atoms with Gasteiger partial charge in [-0.2, -0.15) is 0 Å². The quantitative estimate of drug-likeness (QED) is 0.806. The standard InChI is InChI=1S/C22H29N3O/c1-25(2)21(18-10-4-3-5-11-18)15-23-16-22(26)24-20-14-8-12-17-9-6-7-13-19(17)20/h3-7,9-11,13,20-21,23H,8,12,14-16H2,1-2H3,(H,24,26)/t20-,21+/m1/s1. The van der Waals surface area contributed by atoms with Gasteiger partial charge in [0.25, 0.3) is 0 Å². The number of carbonyl (C=O) groups excluding carboxylic acids is 1. The summed E-state index contributed by atoms with van der Waals surface area (Å²) in [5, 5.41) is 6.53. The van der Waals surface area contributed by atoms with Gasteiger partial charge in [-0.3, -0.25) is 4.79 Å². The summed E-state index contributed by atoms with van der Waals surface area (Å²) < 4.78 is 0. The summed E-state index contributed by atoms with van der Waals surface area (Å²) in [6.07, 6.45) is 3.27. The molecule has 4 heteroatoms. The summed E-state index contributed by atoms with van der Waals surface area (Å²) >= 11 is 0. The summed E-state index contributed by atoms with van der Waals surface area (Å²) in [4.78, 5) is 14.6. The van der Waals surface area contributed by atoms with E-state index in [1.54, 1.807) is 0 Å². The van der Waals surface area contributed by atoms with Gasteiger partial charge in [0.1, 0.15) is 0 Å². The summed E-state index contributed by atoms with van der Waals surface area (Å²) in [7, 11) is 4.14. The first kappa shape index (κ1) is 18.6. The van der Waals surface area contributed by atoms with E-state index in [1.807, 2.05) is 6.07 Å². The number of aryl methyl sites for hydroxylation is 1. The molecule has 0 saturated heterocycles. The van der Waals surface area contributed by atoms with Crippen molar-refractivity contribution in [2.45, 2.75) is 31.3 Å². The molecule has 1 amide bonds. The Labute approximate surface area is 156 Å². The van der Waals surface area contributed by atoms with Crippen molar-refractivity contribution in [1.82, 2.24) is 15.5 Å². The van der Waals surface area contributed by atoms with E-state index in [9.17, 15) is 4.79 Å². The van der Waals surface area contributed by atoms with Gasteiger partial charge in [-0.05, 0) is 50.0 Å². The lowest BCUT2D eigenvalue weighted by molar-refractivity contribution is -0.121. The molecule has 0 unspecified atom stereocenters. The number of rotatable bonds is 7. The van der Waals surface area contributed by atoms with Crippen molar-refractivity contribution in [1.29, 1.82) is 0 Å². The molecule has 2 N–H and O–H groups in total. The van der Waals surface area contributed by atoms with Gasteiger partial charge in [0, 0.05) is 12.6 Å². The first-order valence-electron chi connectivity index (χ1n) is 9.44. The van der Waals surface area contributed by atoms with E-state index < -0.39 is 0 Å². The Kier molecular flexibility index (Phi) is 6.42. The van der Waals surface area contributed by atoms with Crippen LogP contribution in [0.4, 0.5) is 0 Å². The maximum atomic E-state index is 12.4. The van der Waals surface area contributed by atoms with Crippen molar-refractivity contribution in [2.24, 2.45) is 0 Å². The van der Waals surface area contributed by atoms with Gasteiger partial charge in [0.2, 0.25) is 5.91 Å². The Morgan fingerprint density at radius 1 is 1.12 bits per heavy atom. The highest BCUT2D eigenvalue weighted by Crippen LogP contribution is 2.29. The van der Waals surface area contributed by atoms with Crippen LogP contribution in [0.2, 0.25) is 0 Å². The van der Waals surface area contributed by atoms with Crippen molar-refractivity contribution in [3.05, 3.63) is 71.3 Å². The van der Waals surface area contributed by atoms with Crippen molar-refractivity contribution >= 4 is 5.91 Å². The zero-order valence-corrected chi connectivity index (χ0v) is 15.7. The van der Waals surface area contributed by atoms with Crippen LogP contribution < -0.4 is 10.6 Å². The molecule has 0 heterocycles. The number of hydrogen-bond donors (Lipinski definition) is 2. The smallest absolute Gasteiger partial charge is 0.234 e. The Morgan fingerprint density at radius 3 is 2.62 bits per heavy atom. The molecular formula is C22H29N3O. The fourth-order valence-electron chi connectivity index (χ4n) is 3.75. The Bertz CT molecular complexity index is 714. The van der Waals surface area contributed by atoms with Crippen LogP contribution in [-0.4, -0.2) is 38.0 Å². The highest BCUT2D eigenvalue weighted by atomic mass is 16.1. The third-order valence-electron chi connectivity index (χ3n) is 5.14. The van der Waals surface area contributed by atoms with Gasteiger partial charge in [-0.1, -0.05) is 54.6 Å². The zero-order valence-electron chi connectivity index (χ0n) is 15.7. The van der Waals surface area contributed by atoms with Crippen LogP contribution >= 0.6 is 0 Å². The number of amides is 1. The Balaban J connectivity index is 1.52. The molecule has 0 radical (unpaired) electrons. The zero-order chi connectivity index (χ0) is 18.4. The summed E-state index contributed by atoms with van der Waals surface area (Å²) in [5.41, 5.74) is 3.91. The summed E-state index contributed by atoms with van der Waals surface area (Å²) in [5.74, 6) is 0.0669. The second kappa shape index (κ2) is 8.97. The molecule has 0 bridgehead atoms. The van der Waals surface area contributed by atoms with Gasteiger partial charge in [0.05, 0.1) is 12.6 Å². The molecule has 0 spiro atoms. The largest absolute Gasteiger partial charge is 0.348 e. The van der Waals surface area contributed by atoms with Crippen LogP contribution in [0.15, 0.2) is 54.6 Å². The number of nitrogens with zero attached hydrogens (tertiary/aromatic N) is 1. The minimum atomic E-state index is 0.0669. The Morgan fingerprint density at radius 2 is 1.85 bits per heavy atom. The first-order valence-corrected chi connectivity index (χ1v) is 9.44. The maximum absolute atomic E-state index is 12.4. The van der Waals surface area contributed by atoms with Crippen LogP contribution in [0.25, 0.3) is 0 Å². The van der Waals surface area contributed by atoms with Crippen molar-refractivity contribution < 1.29 is 4.79 Å². The van der Waals surface area contributed by atoms with Crippen molar-refractivity contribution in [3.63, 3.8) is 0 Å². The predicted molar refractivity (Wildman–Crippen MR) is 106 cm³/mol. The van der Waals surface area contributed by atoms with Crippen LogP contribution in [0.1, 0.15) is 41.6 Å². The van der Waals surface area contributed by atoms with E-state index in [1.165, 1.54) is 16.7 Å². The molecule has 4 nitrogen and oxygen atoms in total. The molecule has 3 rings (SSSR count). The number of likely N-dealkylation sites (N-methyl/N-ethyl adjacent to an activating group) is 1. The molecule has 2 atom stereocenters. The summed E-state index contributed by atoms with van der Waals surface area (Å²) in [6, 6.07) is 19.2. The van der Waals surface area contributed by atoms with E-state index in [4.69, 9.17) is 0 Å². The fourth-order valence-corrected chi connectivity index (χ4v) is 3.75.